The predicted octanol–water partition coefficient (Wildman–Crippen LogP) is 5.23. The number of nitrogens with zero attached hydrogens (tertiary/aromatic N) is 3. The van der Waals surface area contributed by atoms with E-state index >= 15 is 0 Å². The lowest BCUT2D eigenvalue weighted by atomic mass is 9.95. The Bertz CT molecular complexity index is 1350. The van der Waals surface area contributed by atoms with E-state index in [1.54, 1.807) is 62.6 Å². The first-order valence-corrected chi connectivity index (χ1v) is 12.3. The van der Waals surface area contributed by atoms with E-state index in [1.807, 2.05) is 0 Å². The molecule has 0 saturated carbocycles. The maximum absolute atomic E-state index is 13.1. The number of ether oxygens (including phenoxy) is 1. The van der Waals surface area contributed by atoms with Crippen LogP contribution in [0.15, 0.2) is 72.8 Å². The number of benzene rings is 3. The quantitative estimate of drug-likeness (QED) is 0.466. The lowest BCUT2D eigenvalue weighted by Gasteiger charge is -2.29. The molecule has 1 aliphatic rings. The van der Waals surface area contributed by atoms with Crippen LogP contribution in [0, 0.1) is 11.3 Å². The molecule has 2 atom stereocenters. The molecule has 1 N–H and O–H groups in total. The molecule has 0 aromatic heterocycles. The van der Waals surface area contributed by atoms with Crippen LogP contribution in [0.3, 0.4) is 0 Å². The summed E-state index contributed by atoms with van der Waals surface area (Å²) in [6, 6.07) is 19.8. The second-order valence-electron chi connectivity index (χ2n) is 9.50. The number of carbonyl (C=O) groups is 2. The highest BCUT2D eigenvalue weighted by atomic mass is 19.4. The molecule has 202 valence electrons. The van der Waals surface area contributed by atoms with E-state index in [-0.39, 0.29) is 18.0 Å². The molecule has 3 aromatic rings. The molecule has 4 rings (SSSR count). The van der Waals surface area contributed by atoms with Gasteiger partial charge in [0.1, 0.15) is 5.75 Å². The zero-order valence-electron chi connectivity index (χ0n) is 21.4. The SMILES string of the molecule is CN(C)C(=O)Oc1ccc(C(=O)NC2CCN([C@H](c3ccc(C#N)cc3)c3ccc(C(F)(F)F)cc3)C2)cc1. The van der Waals surface area contributed by atoms with Gasteiger partial charge in [-0.3, -0.25) is 9.69 Å². The number of alkyl halides is 3. The molecular weight excluding hydrogens is 509 g/mol. The Balaban J connectivity index is 1.48. The summed E-state index contributed by atoms with van der Waals surface area (Å²) >= 11 is 0. The third-order valence-corrected chi connectivity index (χ3v) is 6.52. The van der Waals surface area contributed by atoms with Crippen molar-refractivity contribution in [1.82, 2.24) is 15.1 Å². The second-order valence-corrected chi connectivity index (χ2v) is 9.50. The zero-order chi connectivity index (χ0) is 28.2. The molecule has 1 fully saturated rings. The average Bonchev–Trinajstić information content (AvgIpc) is 3.37. The second kappa shape index (κ2) is 11.6. The van der Waals surface area contributed by atoms with Crippen molar-refractivity contribution >= 4 is 12.0 Å². The Kier molecular flexibility index (Phi) is 8.21. The molecule has 39 heavy (non-hydrogen) atoms. The Morgan fingerprint density at radius 1 is 1.00 bits per heavy atom. The molecule has 0 spiro atoms. The van der Waals surface area contributed by atoms with Gasteiger partial charge in [0, 0.05) is 38.8 Å². The number of amides is 2. The molecule has 10 heteroatoms. The van der Waals surface area contributed by atoms with Crippen LogP contribution in [-0.2, 0) is 6.18 Å². The fourth-order valence-electron chi connectivity index (χ4n) is 4.48. The number of rotatable bonds is 6. The standard InChI is InChI=1S/C29H27F3N4O3/c1-35(2)28(38)39-25-13-9-22(10-14-25)27(37)34-24-15-16-36(18-24)26(20-5-3-19(17-33)4-6-20)21-7-11-23(12-8-21)29(30,31)32/h3-14,24,26H,15-16,18H2,1-2H3,(H,34,37)/t24?,26-/m1/s1. The molecule has 7 nitrogen and oxygen atoms in total. The van der Waals surface area contributed by atoms with Crippen LogP contribution in [-0.4, -0.2) is 55.0 Å². The van der Waals surface area contributed by atoms with Crippen molar-refractivity contribution in [3.05, 3.63) is 101 Å². The maximum Gasteiger partial charge on any atom is 0.416 e. The molecule has 0 bridgehead atoms. The van der Waals surface area contributed by atoms with Gasteiger partial charge in [-0.15, -0.1) is 0 Å². The summed E-state index contributed by atoms with van der Waals surface area (Å²) in [5, 5.41) is 12.2. The molecule has 0 radical (unpaired) electrons. The van der Waals surface area contributed by atoms with Crippen LogP contribution in [0.25, 0.3) is 0 Å². The van der Waals surface area contributed by atoms with Crippen molar-refractivity contribution < 1.29 is 27.5 Å². The lowest BCUT2D eigenvalue weighted by Crippen LogP contribution is -2.38. The molecule has 1 unspecified atom stereocenters. The Labute approximate surface area is 224 Å². The third kappa shape index (κ3) is 6.75. The summed E-state index contributed by atoms with van der Waals surface area (Å²) in [4.78, 5) is 28.0. The van der Waals surface area contributed by atoms with Gasteiger partial charge in [0.25, 0.3) is 5.91 Å². The highest BCUT2D eigenvalue weighted by molar-refractivity contribution is 5.94. The van der Waals surface area contributed by atoms with Crippen molar-refractivity contribution in [2.45, 2.75) is 24.7 Å². The van der Waals surface area contributed by atoms with Crippen LogP contribution >= 0.6 is 0 Å². The summed E-state index contributed by atoms with van der Waals surface area (Å²) in [7, 11) is 3.14. The molecular formula is C29H27F3N4O3. The average molecular weight is 537 g/mol. The molecule has 3 aromatic carbocycles. The van der Waals surface area contributed by atoms with E-state index in [0.717, 1.165) is 17.7 Å². The number of hydrogen-bond donors (Lipinski definition) is 1. The van der Waals surface area contributed by atoms with E-state index in [0.29, 0.717) is 42.0 Å². The highest BCUT2D eigenvalue weighted by Gasteiger charge is 2.33. The van der Waals surface area contributed by atoms with Gasteiger partial charge in [-0.2, -0.15) is 18.4 Å². The number of halogens is 3. The number of nitrogens with one attached hydrogen (secondary N) is 1. The van der Waals surface area contributed by atoms with Crippen LogP contribution in [0.1, 0.15) is 45.1 Å². The van der Waals surface area contributed by atoms with Gasteiger partial charge in [-0.05, 0) is 66.1 Å². The molecule has 0 aliphatic carbocycles. The van der Waals surface area contributed by atoms with Gasteiger partial charge < -0.3 is 15.0 Å². The first kappa shape index (κ1) is 27.7. The smallest absolute Gasteiger partial charge is 0.410 e. The van der Waals surface area contributed by atoms with Crippen molar-refractivity contribution in [3.8, 4) is 11.8 Å². The maximum atomic E-state index is 13.1. The van der Waals surface area contributed by atoms with Gasteiger partial charge in [-0.25, -0.2) is 4.79 Å². The minimum atomic E-state index is -4.43. The van der Waals surface area contributed by atoms with E-state index < -0.39 is 17.8 Å². The van der Waals surface area contributed by atoms with Gasteiger partial charge in [0.15, 0.2) is 0 Å². The monoisotopic (exact) mass is 536 g/mol. The molecule has 1 heterocycles. The number of hydrogen-bond acceptors (Lipinski definition) is 5. The molecule has 2 amide bonds. The summed E-state index contributed by atoms with van der Waals surface area (Å²) in [6.07, 6.45) is -4.31. The lowest BCUT2D eigenvalue weighted by molar-refractivity contribution is -0.137. The van der Waals surface area contributed by atoms with Crippen LogP contribution in [0.2, 0.25) is 0 Å². The third-order valence-electron chi connectivity index (χ3n) is 6.52. The van der Waals surface area contributed by atoms with Gasteiger partial charge >= 0.3 is 12.3 Å². The first-order valence-electron chi connectivity index (χ1n) is 12.3. The normalized spacial score (nSPS) is 16.3. The topological polar surface area (TPSA) is 85.7 Å². The Morgan fingerprint density at radius 3 is 2.13 bits per heavy atom. The van der Waals surface area contributed by atoms with E-state index in [9.17, 15) is 22.8 Å². The Hall–Kier alpha value is -4.36. The number of nitriles is 1. The van der Waals surface area contributed by atoms with Crippen molar-refractivity contribution in [3.63, 3.8) is 0 Å². The van der Waals surface area contributed by atoms with Crippen molar-refractivity contribution in [2.75, 3.05) is 27.2 Å². The summed E-state index contributed by atoms with van der Waals surface area (Å²) < 4.78 is 44.6. The van der Waals surface area contributed by atoms with Crippen molar-refractivity contribution in [2.24, 2.45) is 0 Å². The first-order chi connectivity index (χ1) is 18.5. The zero-order valence-corrected chi connectivity index (χ0v) is 21.4. The van der Waals surface area contributed by atoms with E-state index in [4.69, 9.17) is 10.00 Å². The molecule has 1 saturated heterocycles. The van der Waals surface area contributed by atoms with Gasteiger partial charge in [0.05, 0.1) is 23.2 Å². The van der Waals surface area contributed by atoms with Gasteiger partial charge in [0.2, 0.25) is 0 Å². The fourth-order valence-corrected chi connectivity index (χ4v) is 4.48. The number of likely N-dealkylation sites (tertiary alicyclic amines) is 1. The van der Waals surface area contributed by atoms with Crippen LogP contribution in [0.5, 0.6) is 5.75 Å². The van der Waals surface area contributed by atoms with Gasteiger partial charge in [-0.1, -0.05) is 24.3 Å². The minimum Gasteiger partial charge on any atom is -0.410 e. The Morgan fingerprint density at radius 2 is 1.59 bits per heavy atom. The largest absolute Gasteiger partial charge is 0.416 e. The van der Waals surface area contributed by atoms with Crippen LogP contribution < -0.4 is 10.1 Å². The number of carbonyl (C=O) groups excluding carboxylic acids is 2. The van der Waals surface area contributed by atoms with E-state index in [2.05, 4.69) is 16.3 Å². The fraction of sp³-hybridized carbons (Fsp3) is 0.276. The summed E-state index contributed by atoms with van der Waals surface area (Å²) in [6.45, 7) is 1.09. The van der Waals surface area contributed by atoms with Crippen LogP contribution in [0.4, 0.5) is 18.0 Å². The predicted molar refractivity (Wildman–Crippen MR) is 138 cm³/mol. The highest BCUT2D eigenvalue weighted by Crippen LogP contribution is 2.35. The summed E-state index contributed by atoms with van der Waals surface area (Å²) in [5.74, 6) is 0.0379. The van der Waals surface area contributed by atoms with Crippen molar-refractivity contribution in [1.29, 1.82) is 5.26 Å². The molecule has 1 aliphatic heterocycles. The summed E-state index contributed by atoms with van der Waals surface area (Å²) in [5.41, 5.74) is 1.69. The minimum absolute atomic E-state index is 0.181. The van der Waals surface area contributed by atoms with E-state index in [1.165, 1.54) is 17.0 Å².